The molecule has 0 saturated carbocycles. The van der Waals surface area contributed by atoms with E-state index in [9.17, 15) is 0 Å². The SMILES string of the molecule is c1ccc(-c2ccccc2CNC2C3CCN(CC3)C2C(c2ccccc2)c2ccccc2)cc1. The maximum Gasteiger partial charge on any atom is 0.0361 e. The summed E-state index contributed by atoms with van der Waals surface area (Å²) in [6.07, 6.45) is 2.59. The van der Waals surface area contributed by atoms with Crippen LogP contribution in [0.4, 0.5) is 0 Å². The van der Waals surface area contributed by atoms with Gasteiger partial charge in [0.15, 0.2) is 0 Å². The first-order valence-corrected chi connectivity index (χ1v) is 13.1. The largest absolute Gasteiger partial charge is 0.308 e. The van der Waals surface area contributed by atoms with Crippen LogP contribution in [0.1, 0.15) is 35.4 Å². The summed E-state index contributed by atoms with van der Waals surface area (Å²) >= 11 is 0. The van der Waals surface area contributed by atoms with Crippen molar-refractivity contribution in [1.29, 1.82) is 0 Å². The molecule has 3 saturated heterocycles. The highest BCUT2D eigenvalue weighted by Crippen LogP contribution is 2.42. The second-order valence-electron chi connectivity index (χ2n) is 10.1. The fourth-order valence-corrected chi connectivity index (χ4v) is 6.50. The number of fused-ring (bicyclic) bond motifs is 3. The van der Waals surface area contributed by atoms with E-state index in [0.717, 1.165) is 12.5 Å². The van der Waals surface area contributed by atoms with Gasteiger partial charge in [-0.25, -0.2) is 0 Å². The van der Waals surface area contributed by atoms with Crippen molar-refractivity contribution >= 4 is 0 Å². The van der Waals surface area contributed by atoms with Crippen molar-refractivity contribution < 1.29 is 0 Å². The van der Waals surface area contributed by atoms with Crippen LogP contribution < -0.4 is 5.32 Å². The van der Waals surface area contributed by atoms with Crippen molar-refractivity contribution in [3.8, 4) is 11.1 Å². The molecule has 4 aromatic carbocycles. The van der Waals surface area contributed by atoms with Gasteiger partial charge in [-0.1, -0.05) is 115 Å². The average molecular weight is 459 g/mol. The van der Waals surface area contributed by atoms with Crippen LogP contribution in [0.15, 0.2) is 115 Å². The van der Waals surface area contributed by atoms with E-state index in [1.165, 1.54) is 53.7 Å². The second-order valence-corrected chi connectivity index (χ2v) is 10.1. The van der Waals surface area contributed by atoms with Crippen LogP contribution in [-0.4, -0.2) is 30.1 Å². The van der Waals surface area contributed by atoms with Crippen molar-refractivity contribution in [2.75, 3.05) is 13.1 Å². The maximum atomic E-state index is 4.11. The Kier molecular flexibility index (Phi) is 6.49. The molecule has 0 aromatic heterocycles. The van der Waals surface area contributed by atoms with E-state index in [1.807, 2.05) is 0 Å². The molecule has 2 atom stereocenters. The number of nitrogens with zero attached hydrogens (tertiary/aromatic N) is 1. The van der Waals surface area contributed by atoms with Crippen molar-refractivity contribution in [3.05, 3.63) is 132 Å². The van der Waals surface area contributed by atoms with Gasteiger partial charge in [0.05, 0.1) is 0 Å². The molecular formula is C33H34N2. The van der Waals surface area contributed by atoms with Crippen molar-refractivity contribution in [2.45, 2.75) is 37.4 Å². The topological polar surface area (TPSA) is 15.3 Å². The van der Waals surface area contributed by atoms with Crippen LogP contribution >= 0.6 is 0 Å². The van der Waals surface area contributed by atoms with Gasteiger partial charge in [-0.15, -0.1) is 0 Å². The highest BCUT2D eigenvalue weighted by molar-refractivity contribution is 5.67. The Morgan fingerprint density at radius 3 is 1.83 bits per heavy atom. The molecule has 0 aliphatic carbocycles. The number of hydrogen-bond acceptors (Lipinski definition) is 2. The minimum Gasteiger partial charge on any atom is -0.308 e. The summed E-state index contributed by atoms with van der Waals surface area (Å²) in [5.74, 6) is 1.09. The van der Waals surface area contributed by atoms with Crippen LogP contribution in [0, 0.1) is 5.92 Å². The van der Waals surface area contributed by atoms with Gasteiger partial charge < -0.3 is 5.32 Å². The average Bonchev–Trinajstić information content (AvgIpc) is 2.95. The molecule has 2 nitrogen and oxygen atoms in total. The molecule has 3 aliphatic rings. The highest BCUT2D eigenvalue weighted by Gasteiger charge is 2.46. The lowest BCUT2D eigenvalue weighted by atomic mass is 9.70. The lowest BCUT2D eigenvalue weighted by Crippen LogP contribution is -2.64. The van der Waals surface area contributed by atoms with Crippen LogP contribution in [0.5, 0.6) is 0 Å². The molecule has 4 aromatic rings. The maximum absolute atomic E-state index is 4.11. The summed E-state index contributed by atoms with van der Waals surface area (Å²) in [5.41, 5.74) is 6.85. The molecule has 1 N–H and O–H groups in total. The Labute approximate surface area is 209 Å². The predicted molar refractivity (Wildman–Crippen MR) is 145 cm³/mol. The quantitative estimate of drug-likeness (QED) is 0.330. The summed E-state index contributed by atoms with van der Waals surface area (Å²) in [7, 11) is 0. The predicted octanol–water partition coefficient (Wildman–Crippen LogP) is 6.74. The van der Waals surface area contributed by atoms with Crippen molar-refractivity contribution in [3.63, 3.8) is 0 Å². The molecule has 0 amide bonds. The van der Waals surface area contributed by atoms with Gasteiger partial charge in [-0.3, -0.25) is 4.90 Å². The molecule has 0 radical (unpaired) electrons. The van der Waals surface area contributed by atoms with E-state index < -0.39 is 0 Å². The third-order valence-electron chi connectivity index (χ3n) is 8.16. The number of rotatable bonds is 7. The first-order valence-electron chi connectivity index (χ1n) is 13.1. The molecule has 7 rings (SSSR count). The summed E-state index contributed by atoms with van der Waals surface area (Å²) in [4.78, 5) is 2.77. The number of hydrogen-bond donors (Lipinski definition) is 1. The van der Waals surface area contributed by atoms with Crippen LogP contribution in [0.3, 0.4) is 0 Å². The second kappa shape index (κ2) is 10.2. The lowest BCUT2D eigenvalue weighted by Gasteiger charge is -2.54. The fourth-order valence-electron chi connectivity index (χ4n) is 6.50. The minimum atomic E-state index is 0.363. The standard InChI is InChI=1S/C33H34N2/c1-4-12-25(13-5-1)30-19-11-10-18-29(30)24-34-32-28-20-22-35(23-21-28)33(32)31(26-14-6-2-7-15-26)27-16-8-3-9-17-27/h1-19,28,31-34H,20-24H2. The van der Waals surface area contributed by atoms with Crippen LogP contribution in [0.25, 0.3) is 11.1 Å². The van der Waals surface area contributed by atoms with E-state index in [1.54, 1.807) is 0 Å². The Morgan fingerprint density at radius 2 is 1.20 bits per heavy atom. The minimum absolute atomic E-state index is 0.363. The molecule has 3 fully saturated rings. The van der Waals surface area contributed by atoms with E-state index in [2.05, 4.69) is 125 Å². The lowest BCUT2D eigenvalue weighted by molar-refractivity contribution is 0.00469. The van der Waals surface area contributed by atoms with Gasteiger partial charge >= 0.3 is 0 Å². The van der Waals surface area contributed by atoms with Crippen LogP contribution in [0.2, 0.25) is 0 Å². The zero-order valence-corrected chi connectivity index (χ0v) is 20.3. The zero-order valence-electron chi connectivity index (χ0n) is 20.3. The van der Waals surface area contributed by atoms with Gasteiger partial charge in [-0.05, 0) is 59.7 Å². The number of piperidine rings is 3. The Balaban J connectivity index is 1.34. The van der Waals surface area contributed by atoms with E-state index in [0.29, 0.717) is 18.0 Å². The highest BCUT2D eigenvalue weighted by atomic mass is 15.2. The molecule has 3 aliphatic heterocycles. The van der Waals surface area contributed by atoms with Gasteiger partial charge in [0.1, 0.15) is 0 Å². The van der Waals surface area contributed by atoms with Gasteiger partial charge in [-0.2, -0.15) is 0 Å². The molecular weight excluding hydrogens is 424 g/mol. The van der Waals surface area contributed by atoms with E-state index in [4.69, 9.17) is 0 Å². The van der Waals surface area contributed by atoms with Crippen molar-refractivity contribution in [2.24, 2.45) is 5.92 Å². The third-order valence-corrected chi connectivity index (χ3v) is 8.16. The summed E-state index contributed by atoms with van der Waals surface area (Å²) in [6, 6.07) is 42.9. The van der Waals surface area contributed by atoms with E-state index >= 15 is 0 Å². The number of benzene rings is 4. The first-order chi connectivity index (χ1) is 17.4. The molecule has 176 valence electrons. The summed E-state index contributed by atoms with van der Waals surface area (Å²) in [6.45, 7) is 3.32. The summed E-state index contributed by atoms with van der Waals surface area (Å²) in [5, 5.41) is 4.11. The van der Waals surface area contributed by atoms with Crippen molar-refractivity contribution in [1.82, 2.24) is 10.2 Å². The molecule has 2 bridgehead atoms. The van der Waals surface area contributed by atoms with Gasteiger partial charge in [0.25, 0.3) is 0 Å². The summed E-state index contributed by atoms with van der Waals surface area (Å²) < 4.78 is 0. The molecule has 2 heteroatoms. The normalized spacial score (nSPS) is 23.5. The van der Waals surface area contributed by atoms with Crippen LogP contribution in [-0.2, 0) is 6.54 Å². The Hall–Kier alpha value is -3.20. The molecule has 0 spiro atoms. The number of nitrogens with one attached hydrogen (secondary N) is 1. The van der Waals surface area contributed by atoms with E-state index in [-0.39, 0.29) is 0 Å². The Bertz CT molecular complexity index is 1170. The zero-order chi connectivity index (χ0) is 23.5. The molecule has 2 unspecified atom stereocenters. The Morgan fingerprint density at radius 1 is 0.657 bits per heavy atom. The fraction of sp³-hybridized carbons (Fsp3) is 0.273. The molecule has 3 heterocycles. The third kappa shape index (κ3) is 4.57. The van der Waals surface area contributed by atoms with Gasteiger partial charge in [0, 0.05) is 24.5 Å². The first kappa shape index (κ1) is 22.3. The van der Waals surface area contributed by atoms with Gasteiger partial charge in [0.2, 0.25) is 0 Å². The monoisotopic (exact) mass is 458 g/mol. The molecule has 35 heavy (non-hydrogen) atoms. The smallest absolute Gasteiger partial charge is 0.0361 e.